The zero-order valence-electron chi connectivity index (χ0n) is 11.0. The van der Waals surface area contributed by atoms with Gasteiger partial charge in [0.15, 0.2) is 0 Å². The number of carbonyl (C=O) groups excluding carboxylic acids is 2. The van der Waals surface area contributed by atoms with E-state index in [-0.39, 0.29) is 23.4 Å². The average molecular weight is 226 g/mol. The van der Waals surface area contributed by atoms with E-state index >= 15 is 0 Å². The summed E-state index contributed by atoms with van der Waals surface area (Å²) in [6.45, 7) is 11.3. The molecule has 1 aliphatic rings. The number of carbonyl (C=O) groups is 2. The monoisotopic (exact) mass is 226 g/mol. The van der Waals surface area contributed by atoms with Gasteiger partial charge in [-0.1, -0.05) is 6.92 Å². The normalized spacial score (nSPS) is 25.6. The zero-order valence-corrected chi connectivity index (χ0v) is 11.0. The smallest absolute Gasteiger partial charge is 0.248 e. The van der Waals surface area contributed by atoms with Crippen LogP contribution in [0.15, 0.2) is 0 Å². The van der Waals surface area contributed by atoms with Gasteiger partial charge in [-0.15, -0.1) is 0 Å². The van der Waals surface area contributed by atoms with Crippen molar-refractivity contribution in [3.8, 4) is 0 Å². The topological polar surface area (TPSA) is 49.4 Å². The van der Waals surface area contributed by atoms with E-state index in [1.165, 1.54) is 0 Å². The minimum atomic E-state index is -0.796. The standard InChI is InChI=1S/C12H22N2O2/c1-7-8-9(15)13-12(5,6)10(16)14(8)11(2,3)4/h8H,7H2,1-6H3,(H,13,15). The van der Waals surface area contributed by atoms with E-state index in [0.717, 1.165) is 0 Å². The molecule has 2 amide bonds. The molecule has 1 N–H and O–H groups in total. The van der Waals surface area contributed by atoms with Crippen molar-refractivity contribution >= 4 is 11.8 Å². The quantitative estimate of drug-likeness (QED) is 0.732. The van der Waals surface area contributed by atoms with Crippen molar-refractivity contribution in [2.45, 2.75) is 65.1 Å². The minimum Gasteiger partial charge on any atom is -0.340 e. The highest BCUT2D eigenvalue weighted by atomic mass is 16.2. The molecule has 0 aromatic rings. The van der Waals surface area contributed by atoms with E-state index in [4.69, 9.17) is 0 Å². The van der Waals surface area contributed by atoms with Crippen molar-refractivity contribution in [1.82, 2.24) is 10.2 Å². The molecule has 1 heterocycles. The third kappa shape index (κ3) is 2.06. The molecule has 1 rings (SSSR count). The lowest BCUT2D eigenvalue weighted by Crippen LogP contribution is -2.71. The molecule has 0 aromatic heterocycles. The van der Waals surface area contributed by atoms with Crippen LogP contribution in [-0.2, 0) is 9.59 Å². The molecule has 1 atom stereocenters. The van der Waals surface area contributed by atoms with E-state index in [1.54, 1.807) is 18.7 Å². The van der Waals surface area contributed by atoms with Crippen LogP contribution in [0, 0.1) is 0 Å². The van der Waals surface area contributed by atoms with Gasteiger partial charge in [-0.05, 0) is 41.0 Å². The van der Waals surface area contributed by atoms with Crippen LogP contribution < -0.4 is 5.32 Å². The Bertz CT molecular complexity index is 315. The number of piperazine rings is 1. The molecule has 92 valence electrons. The molecule has 0 aromatic carbocycles. The first-order chi connectivity index (χ1) is 7.11. The first-order valence-corrected chi connectivity index (χ1v) is 5.77. The van der Waals surface area contributed by atoms with Gasteiger partial charge in [0.1, 0.15) is 11.6 Å². The van der Waals surface area contributed by atoms with Gasteiger partial charge in [0.25, 0.3) is 0 Å². The zero-order chi connectivity index (χ0) is 12.7. The van der Waals surface area contributed by atoms with Crippen molar-refractivity contribution in [2.24, 2.45) is 0 Å². The summed E-state index contributed by atoms with van der Waals surface area (Å²) in [4.78, 5) is 26.0. The van der Waals surface area contributed by atoms with Gasteiger partial charge in [0.05, 0.1) is 0 Å². The van der Waals surface area contributed by atoms with Gasteiger partial charge >= 0.3 is 0 Å². The fourth-order valence-electron chi connectivity index (χ4n) is 2.14. The first kappa shape index (κ1) is 13.0. The Morgan fingerprint density at radius 1 is 1.31 bits per heavy atom. The average Bonchev–Trinajstić information content (AvgIpc) is 2.07. The highest BCUT2D eigenvalue weighted by Crippen LogP contribution is 2.27. The van der Waals surface area contributed by atoms with Gasteiger partial charge in [0, 0.05) is 5.54 Å². The SMILES string of the molecule is CCC1C(=O)NC(C)(C)C(=O)N1C(C)(C)C. The molecule has 1 aliphatic heterocycles. The lowest BCUT2D eigenvalue weighted by molar-refractivity contribution is -0.159. The molecular formula is C12H22N2O2. The van der Waals surface area contributed by atoms with Gasteiger partial charge in [-0.25, -0.2) is 0 Å². The molecule has 0 bridgehead atoms. The fraction of sp³-hybridized carbons (Fsp3) is 0.833. The summed E-state index contributed by atoms with van der Waals surface area (Å²) >= 11 is 0. The van der Waals surface area contributed by atoms with Crippen LogP contribution in [0.2, 0.25) is 0 Å². The Balaban J connectivity index is 3.16. The van der Waals surface area contributed by atoms with E-state index in [1.807, 2.05) is 27.7 Å². The Morgan fingerprint density at radius 3 is 2.19 bits per heavy atom. The Labute approximate surface area is 97.4 Å². The Hall–Kier alpha value is -1.06. The maximum absolute atomic E-state index is 12.3. The molecule has 16 heavy (non-hydrogen) atoms. The lowest BCUT2D eigenvalue weighted by atomic mass is 9.90. The third-order valence-corrected chi connectivity index (χ3v) is 2.91. The summed E-state index contributed by atoms with van der Waals surface area (Å²) in [7, 11) is 0. The molecule has 4 nitrogen and oxygen atoms in total. The molecule has 0 radical (unpaired) electrons. The van der Waals surface area contributed by atoms with E-state index in [2.05, 4.69) is 5.32 Å². The first-order valence-electron chi connectivity index (χ1n) is 5.77. The predicted octanol–water partition coefficient (Wildman–Crippen LogP) is 1.30. The van der Waals surface area contributed by atoms with Gasteiger partial charge in [-0.3, -0.25) is 9.59 Å². The van der Waals surface area contributed by atoms with Crippen LogP contribution in [0.1, 0.15) is 48.0 Å². The number of amides is 2. The maximum Gasteiger partial charge on any atom is 0.248 e. The largest absolute Gasteiger partial charge is 0.340 e. The second-order valence-corrected chi connectivity index (χ2v) is 5.88. The Kier molecular flexibility index (Phi) is 3.05. The van der Waals surface area contributed by atoms with Crippen LogP contribution in [0.3, 0.4) is 0 Å². The van der Waals surface area contributed by atoms with Crippen molar-refractivity contribution in [3.63, 3.8) is 0 Å². The highest BCUT2D eigenvalue weighted by molar-refractivity contribution is 5.99. The van der Waals surface area contributed by atoms with E-state index in [0.29, 0.717) is 6.42 Å². The molecule has 1 unspecified atom stereocenters. The summed E-state index contributed by atoms with van der Waals surface area (Å²) in [5.74, 6) is -0.0616. The second kappa shape index (κ2) is 3.75. The molecule has 0 aliphatic carbocycles. The summed E-state index contributed by atoms with van der Waals surface area (Å²) < 4.78 is 0. The second-order valence-electron chi connectivity index (χ2n) is 5.88. The van der Waals surface area contributed by atoms with Crippen molar-refractivity contribution in [2.75, 3.05) is 0 Å². The number of nitrogens with one attached hydrogen (secondary N) is 1. The summed E-state index contributed by atoms with van der Waals surface area (Å²) in [6.07, 6.45) is 0.644. The predicted molar refractivity (Wildman–Crippen MR) is 62.9 cm³/mol. The molecular weight excluding hydrogens is 204 g/mol. The summed E-state index contributed by atoms with van der Waals surface area (Å²) in [5.41, 5.74) is -1.12. The van der Waals surface area contributed by atoms with Crippen LogP contribution in [0.4, 0.5) is 0 Å². The van der Waals surface area contributed by atoms with Crippen LogP contribution >= 0.6 is 0 Å². The van der Waals surface area contributed by atoms with Crippen molar-refractivity contribution in [1.29, 1.82) is 0 Å². The molecule has 0 saturated carbocycles. The minimum absolute atomic E-state index is 0.00792. The number of hydrogen-bond acceptors (Lipinski definition) is 2. The number of rotatable bonds is 1. The van der Waals surface area contributed by atoms with E-state index in [9.17, 15) is 9.59 Å². The Morgan fingerprint density at radius 2 is 1.81 bits per heavy atom. The summed E-state index contributed by atoms with van der Waals surface area (Å²) in [5, 5.41) is 2.78. The van der Waals surface area contributed by atoms with Gasteiger partial charge in [-0.2, -0.15) is 0 Å². The van der Waals surface area contributed by atoms with Crippen molar-refractivity contribution in [3.05, 3.63) is 0 Å². The lowest BCUT2D eigenvalue weighted by Gasteiger charge is -2.48. The molecule has 1 fully saturated rings. The molecule has 1 saturated heterocycles. The third-order valence-electron chi connectivity index (χ3n) is 2.91. The maximum atomic E-state index is 12.3. The van der Waals surface area contributed by atoms with Crippen molar-refractivity contribution < 1.29 is 9.59 Å². The molecule has 4 heteroatoms. The van der Waals surface area contributed by atoms with E-state index < -0.39 is 5.54 Å². The highest BCUT2D eigenvalue weighted by Gasteiger charge is 2.48. The van der Waals surface area contributed by atoms with Crippen LogP contribution in [0.25, 0.3) is 0 Å². The van der Waals surface area contributed by atoms with Crippen LogP contribution in [0.5, 0.6) is 0 Å². The molecule has 0 spiro atoms. The van der Waals surface area contributed by atoms with Crippen LogP contribution in [-0.4, -0.2) is 33.8 Å². The number of hydrogen-bond donors (Lipinski definition) is 1. The van der Waals surface area contributed by atoms with Gasteiger partial charge in [0.2, 0.25) is 11.8 Å². The summed E-state index contributed by atoms with van der Waals surface area (Å²) in [6, 6.07) is -0.347. The number of nitrogens with zero attached hydrogens (tertiary/aromatic N) is 1. The fourth-order valence-corrected chi connectivity index (χ4v) is 2.14. The van der Waals surface area contributed by atoms with Gasteiger partial charge < -0.3 is 10.2 Å².